The SMILES string of the molecule is c1ccc(-c2ccc3c4ccccc4n(-c4ccc(-c5ccc6c(c5)c5ccccc5n6-c5ccc(-c6nc(-c7ccccc7)nc(-c7ccccc7)n6)cc5)cc4)c3c2)cc1. The van der Waals surface area contributed by atoms with E-state index in [0.29, 0.717) is 17.5 Å². The standard InChI is InChI=1S/C57H37N5/c1-4-14-38(15-5-1)44-28-34-49-47-20-10-12-22-51(47)62(54(49)37-44)46-30-24-39(25-31-46)43-29-35-53-50(36-43)48-21-11-13-23-52(48)61(53)45-32-26-42(27-33-45)57-59-55(40-16-6-2-7-17-40)58-56(60-57)41-18-8-3-9-19-41/h1-37H. The molecule has 0 aliphatic heterocycles. The lowest BCUT2D eigenvalue weighted by Gasteiger charge is -2.11. The van der Waals surface area contributed by atoms with Crippen LogP contribution in [0.1, 0.15) is 0 Å². The number of benzene rings is 9. The average Bonchev–Trinajstić information content (AvgIpc) is 3.87. The molecule has 3 aromatic heterocycles. The molecule has 5 nitrogen and oxygen atoms in total. The van der Waals surface area contributed by atoms with E-state index in [1.807, 2.05) is 60.7 Å². The Bertz CT molecular complexity index is 3530. The second-order valence-electron chi connectivity index (χ2n) is 15.7. The Balaban J connectivity index is 0.912. The molecule has 0 bridgehead atoms. The van der Waals surface area contributed by atoms with Crippen molar-refractivity contribution in [2.45, 2.75) is 0 Å². The normalized spacial score (nSPS) is 11.5. The van der Waals surface area contributed by atoms with Crippen molar-refractivity contribution < 1.29 is 0 Å². The van der Waals surface area contributed by atoms with Crippen LogP contribution in [0.3, 0.4) is 0 Å². The maximum Gasteiger partial charge on any atom is 0.164 e. The first-order chi connectivity index (χ1) is 30.7. The summed E-state index contributed by atoms with van der Waals surface area (Å²) in [5, 5.41) is 4.92. The molecular formula is C57H37N5. The molecule has 0 amide bonds. The Hall–Kier alpha value is -8.41. The number of fused-ring (bicyclic) bond motifs is 6. The van der Waals surface area contributed by atoms with Crippen molar-refractivity contribution >= 4 is 43.6 Å². The number of aromatic nitrogens is 5. The molecular weight excluding hydrogens is 755 g/mol. The fraction of sp³-hybridized carbons (Fsp3) is 0. The van der Waals surface area contributed by atoms with E-state index >= 15 is 0 Å². The number of nitrogens with zero attached hydrogens (tertiary/aromatic N) is 5. The molecule has 0 aliphatic carbocycles. The Morgan fingerprint density at radius 3 is 1.15 bits per heavy atom. The van der Waals surface area contributed by atoms with E-state index in [-0.39, 0.29) is 0 Å². The lowest BCUT2D eigenvalue weighted by molar-refractivity contribution is 1.07. The Morgan fingerprint density at radius 1 is 0.226 bits per heavy atom. The summed E-state index contributed by atoms with van der Waals surface area (Å²) in [6.07, 6.45) is 0. The highest BCUT2D eigenvalue weighted by Gasteiger charge is 2.17. The monoisotopic (exact) mass is 791 g/mol. The molecule has 290 valence electrons. The van der Waals surface area contributed by atoms with Gasteiger partial charge in [-0.1, -0.05) is 158 Å². The van der Waals surface area contributed by atoms with Crippen LogP contribution in [0.5, 0.6) is 0 Å². The second kappa shape index (κ2) is 14.7. The van der Waals surface area contributed by atoms with Crippen LogP contribution in [0, 0.1) is 0 Å². The minimum absolute atomic E-state index is 0.636. The van der Waals surface area contributed by atoms with Gasteiger partial charge in [0.15, 0.2) is 17.5 Å². The zero-order chi connectivity index (χ0) is 41.0. The van der Waals surface area contributed by atoms with Gasteiger partial charge < -0.3 is 9.13 Å². The smallest absolute Gasteiger partial charge is 0.164 e. The van der Waals surface area contributed by atoms with E-state index in [9.17, 15) is 0 Å². The molecule has 0 saturated heterocycles. The van der Waals surface area contributed by atoms with Crippen molar-refractivity contribution in [3.05, 3.63) is 224 Å². The fourth-order valence-electron chi connectivity index (χ4n) is 8.99. The van der Waals surface area contributed by atoms with Gasteiger partial charge in [-0.3, -0.25) is 0 Å². The molecule has 9 aromatic carbocycles. The van der Waals surface area contributed by atoms with E-state index in [4.69, 9.17) is 15.0 Å². The van der Waals surface area contributed by atoms with Gasteiger partial charge in [0.05, 0.1) is 22.1 Å². The molecule has 3 heterocycles. The Morgan fingerprint density at radius 2 is 0.581 bits per heavy atom. The van der Waals surface area contributed by atoms with Crippen molar-refractivity contribution in [1.29, 1.82) is 0 Å². The third kappa shape index (κ3) is 6.06. The highest BCUT2D eigenvalue weighted by Crippen LogP contribution is 2.38. The maximum absolute atomic E-state index is 4.96. The summed E-state index contributed by atoms with van der Waals surface area (Å²) in [6.45, 7) is 0. The van der Waals surface area contributed by atoms with Crippen molar-refractivity contribution in [2.75, 3.05) is 0 Å². The highest BCUT2D eigenvalue weighted by molar-refractivity contribution is 6.11. The summed E-state index contributed by atoms with van der Waals surface area (Å²) in [7, 11) is 0. The van der Waals surface area contributed by atoms with Gasteiger partial charge in [-0.15, -0.1) is 0 Å². The van der Waals surface area contributed by atoms with E-state index in [1.165, 1.54) is 54.8 Å². The molecule has 12 aromatic rings. The number of rotatable bonds is 7. The zero-order valence-electron chi connectivity index (χ0n) is 33.6. The molecule has 12 rings (SSSR count). The molecule has 62 heavy (non-hydrogen) atoms. The van der Waals surface area contributed by atoms with Gasteiger partial charge in [-0.2, -0.15) is 0 Å². The second-order valence-corrected chi connectivity index (χ2v) is 15.7. The highest BCUT2D eigenvalue weighted by atomic mass is 15.0. The van der Waals surface area contributed by atoms with E-state index in [0.717, 1.165) is 39.1 Å². The van der Waals surface area contributed by atoms with Gasteiger partial charge in [-0.05, 0) is 89.0 Å². The first-order valence-corrected chi connectivity index (χ1v) is 20.9. The summed E-state index contributed by atoms with van der Waals surface area (Å²) < 4.78 is 4.75. The fourth-order valence-corrected chi connectivity index (χ4v) is 8.99. The Labute approximate surface area is 358 Å². The lowest BCUT2D eigenvalue weighted by Crippen LogP contribution is -2.00. The quantitative estimate of drug-likeness (QED) is 0.162. The van der Waals surface area contributed by atoms with Gasteiger partial charge >= 0.3 is 0 Å². The van der Waals surface area contributed by atoms with Crippen LogP contribution in [-0.2, 0) is 0 Å². The predicted molar refractivity (Wildman–Crippen MR) is 256 cm³/mol. The van der Waals surface area contributed by atoms with E-state index in [2.05, 4.69) is 173 Å². The van der Waals surface area contributed by atoms with Crippen molar-refractivity contribution in [3.8, 4) is 67.8 Å². The zero-order valence-corrected chi connectivity index (χ0v) is 33.6. The summed E-state index contributed by atoms with van der Waals surface area (Å²) in [4.78, 5) is 14.8. The summed E-state index contributed by atoms with van der Waals surface area (Å²) in [5.41, 5.74) is 14.5. The molecule has 0 radical (unpaired) electrons. The van der Waals surface area contributed by atoms with Gasteiger partial charge in [0, 0.05) is 49.6 Å². The molecule has 0 spiro atoms. The van der Waals surface area contributed by atoms with Crippen molar-refractivity contribution in [3.63, 3.8) is 0 Å². The van der Waals surface area contributed by atoms with Crippen LogP contribution in [0.4, 0.5) is 0 Å². The molecule has 0 aliphatic rings. The number of hydrogen-bond acceptors (Lipinski definition) is 3. The molecule has 0 unspecified atom stereocenters. The van der Waals surface area contributed by atoms with Crippen LogP contribution in [-0.4, -0.2) is 24.1 Å². The van der Waals surface area contributed by atoms with Crippen LogP contribution in [0.25, 0.3) is 111 Å². The summed E-state index contributed by atoms with van der Waals surface area (Å²) >= 11 is 0. The van der Waals surface area contributed by atoms with Gasteiger partial charge in [-0.25, -0.2) is 15.0 Å². The van der Waals surface area contributed by atoms with Crippen LogP contribution < -0.4 is 0 Å². The first kappa shape index (κ1) is 35.5. The Kier molecular flexibility index (Phi) is 8.42. The third-order valence-electron chi connectivity index (χ3n) is 12.0. The summed E-state index contributed by atoms with van der Waals surface area (Å²) in [6, 6.07) is 79.4. The van der Waals surface area contributed by atoms with Crippen LogP contribution in [0.2, 0.25) is 0 Å². The largest absolute Gasteiger partial charge is 0.309 e. The predicted octanol–water partition coefficient (Wildman–Crippen LogP) is 14.4. The topological polar surface area (TPSA) is 48.5 Å². The average molecular weight is 792 g/mol. The minimum Gasteiger partial charge on any atom is -0.309 e. The first-order valence-electron chi connectivity index (χ1n) is 20.9. The number of hydrogen-bond donors (Lipinski definition) is 0. The third-order valence-corrected chi connectivity index (χ3v) is 12.0. The van der Waals surface area contributed by atoms with Gasteiger partial charge in [0.25, 0.3) is 0 Å². The van der Waals surface area contributed by atoms with Crippen molar-refractivity contribution in [1.82, 2.24) is 24.1 Å². The van der Waals surface area contributed by atoms with Crippen LogP contribution >= 0.6 is 0 Å². The molecule has 0 atom stereocenters. The number of para-hydroxylation sites is 2. The molecule has 0 N–H and O–H groups in total. The lowest BCUT2D eigenvalue weighted by atomic mass is 10.0. The minimum atomic E-state index is 0.636. The summed E-state index contributed by atoms with van der Waals surface area (Å²) in [5.74, 6) is 1.93. The molecule has 0 fully saturated rings. The maximum atomic E-state index is 4.96. The van der Waals surface area contributed by atoms with E-state index in [1.54, 1.807) is 0 Å². The van der Waals surface area contributed by atoms with Gasteiger partial charge in [0.1, 0.15) is 0 Å². The molecule has 0 saturated carbocycles. The van der Waals surface area contributed by atoms with E-state index < -0.39 is 0 Å². The van der Waals surface area contributed by atoms with Crippen LogP contribution in [0.15, 0.2) is 224 Å². The van der Waals surface area contributed by atoms with Gasteiger partial charge in [0.2, 0.25) is 0 Å². The van der Waals surface area contributed by atoms with Crippen molar-refractivity contribution in [2.24, 2.45) is 0 Å². The molecule has 5 heteroatoms.